The van der Waals surface area contributed by atoms with E-state index in [1.807, 2.05) is 12.1 Å². The molecule has 13 heteroatoms. The third-order valence-corrected chi connectivity index (χ3v) is 6.11. The number of nitrogens with one attached hydrogen (secondary N) is 1. The maximum absolute atomic E-state index is 14.9. The zero-order valence-electron chi connectivity index (χ0n) is 22.5. The van der Waals surface area contributed by atoms with Gasteiger partial charge in [0.05, 0.1) is 31.8 Å². The van der Waals surface area contributed by atoms with Crippen LogP contribution >= 0.6 is 0 Å². The van der Waals surface area contributed by atoms with Gasteiger partial charge in [-0.05, 0) is 37.1 Å². The fourth-order valence-corrected chi connectivity index (χ4v) is 4.38. The van der Waals surface area contributed by atoms with Crippen molar-refractivity contribution < 1.29 is 26.8 Å². The first-order valence-corrected chi connectivity index (χ1v) is 11.2. The highest BCUT2D eigenvalue weighted by Gasteiger charge is 2.45. The Balaban J connectivity index is 1.43. The fraction of sp³-hybridized carbons (Fsp3) is 0.435. The summed E-state index contributed by atoms with van der Waals surface area (Å²) in [5, 5.41) is 15.0. The van der Waals surface area contributed by atoms with E-state index in [-0.39, 0.29) is 31.3 Å². The molecular weight excluding hydrogens is 477 g/mol. The number of ether oxygens (including phenoxy) is 1. The first-order chi connectivity index (χ1) is 18.4. The molecule has 5 rings (SSSR count). The van der Waals surface area contributed by atoms with Gasteiger partial charge in [-0.15, -0.1) is 10.2 Å². The number of aromatic nitrogens is 6. The highest BCUT2D eigenvalue weighted by molar-refractivity contribution is 5.89. The molecule has 4 aromatic rings. The maximum Gasteiger partial charge on any atom is 0.285 e. The predicted molar refractivity (Wildman–Crippen MR) is 126 cm³/mol. The van der Waals surface area contributed by atoms with E-state index in [0.29, 0.717) is 27.0 Å². The van der Waals surface area contributed by atoms with Crippen molar-refractivity contribution in [1.29, 1.82) is 0 Å². The number of nitrogens with zero attached hydrogens (tertiary/aromatic N) is 7. The Morgan fingerprint density at radius 1 is 1.39 bits per heavy atom. The molecule has 0 bridgehead atoms. The van der Waals surface area contributed by atoms with Crippen LogP contribution in [0.2, 0.25) is 0 Å². The molecule has 1 fully saturated rings. The van der Waals surface area contributed by atoms with E-state index in [4.69, 9.17) is 8.85 Å². The lowest BCUT2D eigenvalue weighted by molar-refractivity contribution is -0.140. The summed E-state index contributed by atoms with van der Waals surface area (Å²) in [5.74, 6) is -4.75. The number of benzene rings is 1. The molecular formula is C23H25F3N8O2. The molecule has 10 nitrogen and oxygen atoms in total. The monoisotopic (exact) mass is 505 g/mol. The average molecular weight is 506 g/mol. The summed E-state index contributed by atoms with van der Waals surface area (Å²) in [6, 6.07) is 5.71. The number of likely N-dealkylation sites (tertiary alicyclic amines) is 1. The summed E-state index contributed by atoms with van der Waals surface area (Å²) in [6.45, 7) is -2.71. The van der Waals surface area contributed by atoms with Crippen LogP contribution in [0.3, 0.4) is 0 Å². The number of carbonyl (C=O) groups is 1. The molecule has 0 spiro atoms. The SMILES string of the molecule is [2H]C([2H])([2H])C(=O)N1CC[C@@H](Nc2nc(OC)c3c(-c4ccc5nnn(C[C@H](C)F)c5c4)ccn3n2)C(F)(F)C1. The average Bonchev–Trinajstić information content (AvgIpc) is 3.47. The number of fused-ring (bicyclic) bond motifs is 2. The fourth-order valence-electron chi connectivity index (χ4n) is 4.38. The van der Waals surface area contributed by atoms with Crippen molar-refractivity contribution in [3.8, 4) is 17.0 Å². The number of carbonyl (C=O) groups excluding carboxylic acids is 1. The minimum atomic E-state index is -3.43. The van der Waals surface area contributed by atoms with Crippen LogP contribution in [0.1, 0.15) is 24.3 Å². The van der Waals surface area contributed by atoms with E-state index >= 15 is 0 Å². The smallest absolute Gasteiger partial charge is 0.285 e. The van der Waals surface area contributed by atoms with Gasteiger partial charge in [-0.25, -0.2) is 22.4 Å². The van der Waals surface area contributed by atoms with E-state index in [9.17, 15) is 18.0 Å². The summed E-state index contributed by atoms with van der Waals surface area (Å²) in [6.07, 6.45) is 0.295. The van der Waals surface area contributed by atoms with Crippen LogP contribution in [0.4, 0.5) is 19.1 Å². The van der Waals surface area contributed by atoms with E-state index in [1.165, 1.54) is 23.2 Å². The minimum Gasteiger partial charge on any atom is -0.479 e. The van der Waals surface area contributed by atoms with Crippen LogP contribution < -0.4 is 10.1 Å². The topological polar surface area (TPSA) is 102 Å². The molecule has 190 valence electrons. The summed E-state index contributed by atoms with van der Waals surface area (Å²) in [4.78, 5) is 16.9. The lowest BCUT2D eigenvalue weighted by Gasteiger charge is -2.38. The second-order valence-corrected chi connectivity index (χ2v) is 8.70. The van der Waals surface area contributed by atoms with Gasteiger partial charge in [0.2, 0.25) is 17.7 Å². The van der Waals surface area contributed by atoms with Gasteiger partial charge in [-0.3, -0.25) is 4.79 Å². The van der Waals surface area contributed by atoms with Crippen molar-refractivity contribution in [3.05, 3.63) is 30.5 Å². The largest absolute Gasteiger partial charge is 0.479 e. The Labute approximate surface area is 208 Å². The van der Waals surface area contributed by atoms with Gasteiger partial charge in [0.25, 0.3) is 5.92 Å². The molecule has 1 aromatic carbocycles. The molecule has 4 heterocycles. The quantitative estimate of drug-likeness (QED) is 0.429. The molecule has 0 unspecified atom stereocenters. The number of hydrogen-bond acceptors (Lipinski definition) is 7. The second-order valence-electron chi connectivity index (χ2n) is 8.70. The van der Waals surface area contributed by atoms with Crippen molar-refractivity contribution in [3.63, 3.8) is 0 Å². The lowest BCUT2D eigenvalue weighted by Crippen LogP contribution is -2.55. The minimum absolute atomic E-state index is 0.0475. The van der Waals surface area contributed by atoms with Gasteiger partial charge in [0, 0.05) is 29.3 Å². The van der Waals surface area contributed by atoms with Crippen molar-refractivity contribution in [2.24, 2.45) is 0 Å². The Bertz CT molecular complexity index is 1540. The highest BCUT2D eigenvalue weighted by Crippen LogP contribution is 2.34. The second kappa shape index (κ2) is 8.95. The van der Waals surface area contributed by atoms with Gasteiger partial charge in [0.15, 0.2) is 0 Å². The lowest BCUT2D eigenvalue weighted by atomic mass is 10.0. The first-order valence-electron chi connectivity index (χ1n) is 12.7. The molecule has 36 heavy (non-hydrogen) atoms. The van der Waals surface area contributed by atoms with Gasteiger partial charge < -0.3 is 15.0 Å². The van der Waals surface area contributed by atoms with Crippen LogP contribution in [0, 0.1) is 0 Å². The molecule has 1 saturated heterocycles. The molecule has 1 aliphatic heterocycles. The molecule has 2 atom stereocenters. The van der Waals surface area contributed by atoms with Crippen molar-refractivity contribution in [2.45, 2.75) is 44.9 Å². The summed E-state index contributed by atoms with van der Waals surface area (Å²) in [7, 11) is 1.39. The molecule has 0 aliphatic carbocycles. The number of amides is 1. The van der Waals surface area contributed by atoms with Crippen molar-refractivity contribution >= 4 is 28.4 Å². The van der Waals surface area contributed by atoms with Gasteiger partial charge in [0.1, 0.15) is 17.2 Å². The van der Waals surface area contributed by atoms with E-state index in [1.54, 1.807) is 18.3 Å². The Hall–Kier alpha value is -3.90. The third-order valence-electron chi connectivity index (χ3n) is 6.11. The third kappa shape index (κ3) is 4.29. The Morgan fingerprint density at radius 2 is 2.22 bits per heavy atom. The normalized spacial score (nSPS) is 20.1. The van der Waals surface area contributed by atoms with Crippen LogP contribution in [0.25, 0.3) is 27.7 Å². The van der Waals surface area contributed by atoms with Crippen molar-refractivity contribution in [2.75, 3.05) is 25.5 Å². The zero-order chi connectivity index (χ0) is 28.1. The maximum atomic E-state index is 14.9. The van der Waals surface area contributed by atoms with Crippen molar-refractivity contribution in [1.82, 2.24) is 34.5 Å². The highest BCUT2D eigenvalue weighted by atomic mass is 19.3. The number of methoxy groups -OCH3 is 1. The summed E-state index contributed by atoms with van der Waals surface area (Å²) < 4.78 is 73.5. The number of halogens is 3. The Morgan fingerprint density at radius 3 is 2.94 bits per heavy atom. The van der Waals surface area contributed by atoms with Crippen LogP contribution in [-0.4, -0.2) is 78.7 Å². The van der Waals surface area contributed by atoms with Gasteiger partial charge in [-0.1, -0.05) is 11.3 Å². The van der Waals surface area contributed by atoms with Gasteiger partial charge >= 0.3 is 0 Å². The number of alkyl halides is 3. The summed E-state index contributed by atoms with van der Waals surface area (Å²) in [5.41, 5.74) is 3.14. The molecule has 0 radical (unpaired) electrons. The standard InChI is InChI=1S/C23H25F3N8O2/c1-13(24)11-34-18-10-15(4-5-17(18)29-31-34)16-6-9-33-20(16)21(36-3)28-22(30-33)27-19-7-8-32(14(2)35)12-23(19,25)26/h4-6,9-10,13,19H,7-8,11-12H2,1-3H3,(H,27,30)/t13-,19+/m0/s1/i2D3. The van der Waals surface area contributed by atoms with Crippen LogP contribution in [-0.2, 0) is 11.3 Å². The molecule has 3 aromatic heterocycles. The zero-order valence-corrected chi connectivity index (χ0v) is 19.5. The number of anilines is 1. The molecule has 1 N–H and O–H groups in total. The molecule has 1 aliphatic rings. The van der Waals surface area contributed by atoms with E-state index in [2.05, 4.69) is 25.7 Å². The van der Waals surface area contributed by atoms with E-state index in [0.717, 1.165) is 5.56 Å². The molecule has 1 amide bonds. The first kappa shape index (κ1) is 20.3. The Kier molecular flexibility index (Phi) is 5.05. The number of hydrogen-bond donors (Lipinski definition) is 1. The predicted octanol–water partition coefficient (Wildman–Crippen LogP) is 3.18. The molecule has 0 saturated carbocycles. The van der Waals surface area contributed by atoms with Crippen LogP contribution in [0.15, 0.2) is 30.5 Å². The summed E-state index contributed by atoms with van der Waals surface area (Å²) >= 11 is 0. The number of rotatable bonds is 6. The van der Waals surface area contributed by atoms with E-state index < -0.39 is 37.4 Å². The van der Waals surface area contributed by atoms with Crippen LogP contribution in [0.5, 0.6) is 5.88 Å². The van der Waals surface area contributed by atoms with Gasteiger partial charge in [-0.2, -0.15) is 4.98 Å². The number of piperidine rings is 1.